The predicted molar refractivity (Wildman–Crippen MR) is 73.3 cm³/mol. The first-order chi connectivity index (χ1) is 7.70. The van der Waals surface area contributed by atoms with Gasteiger partial charge in [-0.1, -0.05) is 13.8 Å². The molecule has 88 valence electrons. The fourth-order valence-corrected chi connectivity index (χ4v) is 4.52. The highest BCUT2D eigenvalue weighted by Crippen LogP contribution is 2.42. The van der Waals surface area contributed by atoms with Crippen molar-refractivity contribution in [3.63, 3.8) is 0 Å². The first-order valence-electron chi connectivity index (χ1n) is 5.34. The predicted octanol–water partition coefficient (Wildman–Crippen LogP) is 3.51. The lowest BCUT2D eigenvalue weighted by molar-refractivity contribution is 0.855. The van der Waals surface area contributed by atoms with Crippen molar-refractivity contribution in [1.29, 1.82) is 0 Å². The van der Waals surface area contributed by atoms with E-state index < -0.39 is 0 Å². The van der Waals surface area contributed by atoms with E-state index in [9.17, 15) is 0 Å². The van der Waals surface area contributed by atoms with Crippen LogP contribution >= 0.6 is 35.1 Å². The minimum atomic E-state index is 0.431. The van der Waals surface area contributed by atoms with Crippen molar-refractivity contribution in [1.82, 2.24) is 9.97 Å². The third-order valence-electron chi connectivity index (χ3n) is 2.72. The number of thioether (sulfide) groups is 2. The van der Waals surface area contributed by atoms with Crippen LogP contribution in [0.3, 0.4) is 0 Å². The van der Waals surface area contributed by atoms with Crippen molar-refractivity contribution in [3.8, 4) is 0 Å². The molecular weight excluding hydrogens is 260 g/mol. The molecule has 3 atom stereocenters. The zero-order valence-corrected chi connectivity index (χ0v) is 11.8. The highest BCUT2D eigenvalue weighted by molar-refractivity contribution is 8.07. The van der Waals surface area contributed by atoms with E-state index in [0.29, 0.717) is 16.4 Å². The van der Waals surface area contributed by atoms with E-state index in [1.54, 1.807) is 0 Å². The fourth-order valence-electron chi connectivity index (χ4n) is 1.52. The Morgan fingerprint density at radius 1 is 1.31 bits per heavy atom. The van der Waals surface area contributed by atoms with Gasteiger partial charge in [-0.2, -0.15) is 11.8 Å². The summed E-state index contributed by atoms with van der Waals surface area (Å²) in [7, 11) is 0. The zero-order valence-electron chi connectivity index (χ0n) is 9.39. The second-order valence-corrected chi connectivity index (χ2v) is 7.21. The Hall–Kier alpha value is 0.0700. The molecule has 1 aliphatic heterocycles. The maximum absolute atomic E-state index is 5.72. The van der Waals surface area contributed by atoms with Crippen molar-refractivity contribution in [2.24, 2.45) is 0 Å². The maximum atomic E-state index is 5.72. The molecular formula is C11H15ClN2S2. The van der Waals surface area contributed by atoms with Crippen molar-refractivity contribution in [3.05, 3.63) is 23.8 Å². The Labute approximate surface area is 110 Å². The van der Waals surface area contributed by atoms with E-state index in [2.05, 4.69) is 23.8 Å². The second kappa shape index (κ2) is 5.61. The van der Waals surface area contributed by atoms with Gasteiger partial charge < -0.3 is 0 Å². The quantitative estimate of drug-likeness (QED) is 0.771. The van der Waals surface area contributed by atoms with Crippen LogP contribution in [0.5, 0.6) is 0 Å². The van der Waals surface area contributed by atoms with Gasteiger partial charge in [0.2, 0.25) is 0 Å². The standard InChI is InChI=1S/C11H15ClN2S2/c1-7-8(2)16-10(6-15-7)11-13-4-9(3-12)5-14-11/h4-5,7-8,10H,3,6H2,1-2H3. The summed E-state index contributed by atoms with van der Waals surface area (Å²) in [5, 5.41) is 1.82. The van der Waals surface area contributed by atoms with Gasteiger partial charge in [0.1, 0.15) is 5.82 Å². The lowest BCUT2D eigenvalue weighted by Gasteiger charge is -2.30. The molecule has 0 amide bonds. The molecule has 1 saturated heterocycles. The summed E-state index contributed by atoms with van der Waals surface area (Å²) in [4.78, 5) is 8.81. The molecule has 3 unspecified atom stereocenters. The molecule has 5 heteroatoms. The van der Waals surface area contributed by atoms with Gasteiger partial charge in [0.25, 0.3) is 0 Å². The average Bonchev–Trinajstić information content (AvgIpc) is 2.33. The molecule has 2 rings (SSSR count). The van der Waals surface area contributed by atoms with Gasteiger partial charge in [0, 0.05) is 34.2 Å². The number of halogens is 1. The van der Waals surface area contributed by atoms with Crippen LogP contribution in [-0.4, -0.2) is 26.2 Å². The zero-order chi connectivity index (χ0) is 11.5. The van der Waals surface area contributed by atoms with Crippen LogP contribution in [-0.2, 0) is 5.88 Å². The third kappa shape index (κ3) is 2.84. The van der Waals surface area contributed by atoms with Gasteiger partial charge in [-0.3, -0.25) is 0 Å². The number of hydrogen-bond acceptors (Lipinski definition) is 4. The summed E-state index contributed by atoms with van der Waals surface area (Å²) in [5.74, 6) is 2.54. The highest BCUT2D eigenvalue weighted by Gasteiger charge is 2.28. The Balaban J connectivity index is 2.06. The van der Waals surface area contributed by atoms with Crippen LogP contribution in [0, 0.1) is 0 Å². The molecule has 1 aromatic heterocycles. The molecule has 0 aliphatic carbocycles. The van der Waals surface area contributed by atoms with Crippen LogP contribution < -0.4 is 0 Å². The molecule has 1 aromatic rings. The van der Waals surface area contributed by atoms with E-state index in [-0.39, 0.29) is 0 Å². The lowest BCUT2D eigenvalue weighted by Crippen LogP contribution is -2.22. The number of alkyl halides is 1. The van der Waals surface area contributed by atoms with Gasteiger partial charge in [0.15, 0.2) is 0 Å². The fraction of sp³-hybridized carbons (Fsp3) is 0.636. The van der Waals surface area contributed by atoms with Crippen LogP contribution in [0.25, 0.3) is 0 Å². The monoisotopic (exact) mass is 274 g/mol. The summed E-state index contributed by atoms with van der Waals surface area (Å²) in [6.45, 7) is 4.57. The van der Waals surface area contributed by atoms with E-state index in [4.69, 9.17) is 11.6 Å². The maximum Gasteiger partial charge on any atom is 0.142 e. The van der Waals surface area contributed by atoms with E-state index in [0.717, 1.165) is 22.4 Å². The molecule has 0 saturated carbocycles. The van der Waals surface area contributed by atoms with Gasteiger partial charge >= 0.3 is 0 Å². The van der Waals surface area contributed by atoms with Crippen LogP contribution in [0.4, 0.5) is 0 Å². The first kappa shape index (κ1) is 12.5. The minimum Gasteiger partial charge on any atom is -0.240 e. The molecule has 16 heavy (non-hydrogen) atoms. The number of aromatic nitrogens is 2. The summed E-state index contributed by atoms with van der Waals surface area (Å²) < 4.78 is 0. The SMILES string of the molecule is CC1SCC(c2ncc(CCl)cn2)SC1C. The topological polar surface area (TPSA) is 25.8 Å². The van der Waals surface area contributed by atoms with Crippen molar-refractivity contribution >= 4 is 35.1 Å². The van der Waals surface area contributed by atoms with Crippen molar-refractivity contribution in [2.75, 3.05) is 5.75 Å². The molecule has 0 spiro atoms. The normalized spacial score (nSPS) is 30.3. The van der Waals surface area contributed by atoms with Crippen LogP contribution in [0.15, 0.2) is 12.4 Å². The van der Waals surface area contributed by atoms with Crippen LogP contribution in [0.1, 0.15) is 30.5 Å². The molecule has 2 nitrogen and oxygen atoms in total. The molecule has 2 heterocycles. The minimum absolute atomic E-state index is 0.431. The molecule has 1 aliphatic rings. The van der Waals surface area contributed by atoms with Gasteiger partial charge in [-0.15, -0.1) is 23.4 Å². The largest absolute Gasteiger partial charge is 0.240 e. The molecule has 0 radical (unpaired) electrons. The Bertz CT molecular complexity index is 344. The molecule has 0 aromatic carbocycles. The van der Waals surface area contributed by atoms with E-state index >= 15 is 0 Å². The summed E-state index contributed by atoms with van der Waals surface area (Å²) >= 11 is 9.71. The second-order valence-electron chi connectivity index (χ2n) is 3.95. The van der Waals surface area contributed by atoms with E-state index in [1.165, 1.54) is 0 Å². The van der Waals surface area contributed by atoms with Gasteiger partial charge in [-0.05, 0) is 0 Å². The molecule has 0 bridgehead atoms. The van der Waals surface area contributed by atoms with Gasteiger partial charge in [-0.25, -0.2) is 9.97 Å². The lowest BCUT2D eigenvalue weighted by atomic mass is 10.3. The Morgan fingerprint density at radius 3 is 2.56 bits per heavy atom. The van der Waals surface area contributed by atoms with Gasteiger partial charge in [0.05, 0.1) is 11.1 Å². The number of rotatable bonds is 2. The smallest absolute Gasteiger partial charge is 0.142 e. The molecule has 0 N–H and O–H groups in total. The summed E-state index contributed by atoms with van der Waals surface area (Å²) in [5.41, 5.74) is 0.986. The van der Waals surface area contributed by atoms with Crippen molar-refractivity contribution < 1.29 is 0 Å². The third-order valence-corrected chi connectivity index (χ3v) is 6.41. The van der Waals surface area contributed by atoms with E-state index in [1.807, 2.05) is 35.9 Å². The molecule has 1 fully saturated rings. The average molecular weight is 275 g/mol. The summed E-state index contributed by atoms with van der Waals surface area (Å²) in [6, 6.07) is 0. The van der Waals surface area contributed by atoms with Crippen molar-refractivity contribution in [2.45, 2.75) is 35.5 Å². The first-order valence-corrected chi connectivity index (χ1v) is 7.87. The van der Waals surface area contributed by atoms with Crippen LogP contribution in [0.2, 0.25) is 0 Å². The number of hydrogen-bond donors (Lipinski definition) is 0. The highest BCUT2D eigenvalue weighted by atomic mass is 35.5. The summed E-state index contributed by atoms with van der Waals surface area (Å²) in [6.07, 6.45) is 3.67. The Kier molecular flexibility index (Phi) is 4.39. The Morgan fingerprint density at radius 2 is 2.00 bits per heavy atom. The number of nitrogens with zero attached hydrogens (tertiary/aromatic N) is 2.